The molecular weight excluding hydrogens is 464 g/mol. The Morgan fingerprint density at radius 2 is 1.92 bits per heavy atom. The normalized spacial score (nSPS) is 15.4. The Labute approximate surface area is 213 Å². The molecule has 0 atom stereocenters. The fraction of sp³-hybridized carbons (Fsp3) is 0.241. The van der Waals surface area contributed by atoms with Gasteiger partial charge < -0.3 is 19.8 Å². The summed E-state index contributed by atoms with van der Waals surface area (Å²) in [6.07, 6.45) is 9.81. The summed E-state index contributed by atoms with van der Waals surface area (Å²) >= 11 is 0. The molecule has 0 spiro atoms. The molecule has 0 unspecified atom stereocenters. The van der Waals surface area contributed by atoms with Gasteiger partial charge in [-0.05, 0) is 71.5 Å². The molecule has 4 heterocycles. The molecule has 1 fully saturated rings. The molecule has 186 valence electrons. The molecule has 1 aromatic rings. The lowest BCUT2D eigenvalue weighted by molar-refractivity contribution is -0.125. The molecule has 2 N–H and O–H groups in total. The summed E-state index contributed by atoms with van der Waals surface area (Å²) in [5.74, 6) is -0.148. The maximum absolute atomic E-state index is 13.2. The predicted molar refractivity (Wildman–Crippen MR) is 141 cm³/mol. The van der Waals surface area contributed by atoms with Crippen molar-refractivity contribution in [2.24, 2.45) is 12.0 Å². The van der Waals surface area contributed by atoms with Crippen LogP contribution in [0.3, 0.4) is 0 Å². The third-order valence-corrected chi connectivity index (χ3v) is 7.34. The van der Waals surface area contributed by atoms with E-state index >= 15 is 0 Å². The summed E-state index contributed by atoms with van der Waals surface area (Å²) in [6.45, 7) is 5.73. The van der Waals surface area contributed by atoms with Gasteiger partial charge in [-0.25, -0.2) is 4.98 Å². The van der Waals surface area contributed by atoms with Crippen molar-refractivity contribution in [1.29, 1.82) is 0 Å². The van der Waals surface area contributed by atoms with Gasteiger partial charge in [0.05, 0.1) is 18.1 Å². The number of anilines is 1. The molecule has 8 heteroatoms. The average Bonchev–Trinajstić information content (AvgIpc) is 3.61. The largest absolute Gasteiger partial charge is 0.339 e. The van der Waals surface area contributed by atoms with Gasteiger partial charge in [0.1, 0.15) is 11.0 Å². The second-order valence-corrected chi connectivity index (χ2v) is 9.54. The number of benzene rings is 1. The number of nitrogens with one attached hydrogen (secondary N) is 2. The van der Waals surface area contributed by atoms with E-state index in [2.05, 4.69) is 33.6 Å². The highest BCUT2D eigenvalue weighted by atomic mass is 16.2. The molecule has 5 aliphatic rings. The molecule has 4 aliphatic heterocycles. The highest BCUT2D eigenvalue weighted by Crippen LogP contribution is 2.23. The Morgan fingerprint density at radius 3 is 2.68 bits per heavy atom. The van der Waals surface area contributed by atoms with Crippen molar-refractivity contribution in [1.82, 2.24) is 19.4 Å². The fourth-order valence-electron chi connectivity index (χ4n) is 5.41. The van der Waals surface area contributed by atoms with Gasteiger partial charge in [-0.15, -0.1) is 0 Å². The summed E-state index contributed by atoms with van der Waals surface area (Å²) in [4.78, 5) is 39.6. The van der Waals surface area contributed by atoms with Gasteiger partial charge in [0, 0.05) is 37.1 Å². The zero-order valence-electron chi connectivity index (χ0n) is 20.8. The zero-order valence-corrected chi connectivity index (χ0v) is 20.8. The number of nitrogens with zero attached hydrogens (tertiary/aromatic N) is 4. The lowest BCUT2D eigenvalue weighted by atomic mass is 9.94. The number of aromatic amines is 1. The standard InChI is InChI=1S/C29H28N6O2/c1-3-25(36)33-21-9-6-18(7-10-21)24-15-20-14-19(29(37)35-12-4-5-13-35)8-11-22(20)23-16-30-27-26(23)28(34(24)2)32-17-31-27/h3,6-10,14-15,17H,1,4-5,11-13,16H2,2H3,(H,33,36)(H,30,31,32). The van der Waals surface area contributed by atoms with E-state index in [1.54, 1.807) is 6.33 Å². The van der Waals surface area contributed by atoms with Gasteiger partial charge in [-0.1, -0.05) is 24.8 Å². The third kappa shape index (κ3) is 4.04. The van der Waals surface area contributed by atoms with Crippen molar-refractivity contribution >= 4 is 23.6 Å². The molecule has 1 aromatic carbocycles. The van der Waals surface area contributed by atoms with Crippen LogP contribution in [0, 0.1) is 10.7 Å². The first-order valence-corrected chi connectivity index (χ1v) is 12.5. The molecule has 0 radical (unpaired) electrons. The van der Waals surface area contributed by atoms with E-state index in [0.29, 0.717) is 18.7 Å². The number of rotatable bonds is 4. The van der Waals surface area contributed by atoms with Crippen molar-refractivity contribution < 1.29 is 9.59 Å². The van der Waals surface area contributed by atoms with Gasteiger partial charge in [0.25, 0.3) is 5.91 Å². The average molecular weight is 493 g/mol. The number of hydrogen-bond acceptors (Lipinski definition) is 4. The van der Waals surface area contributed by atoms with Crippen LogP contribution in [0.5, 0.6) is 0 Å². The van der Waals surface area contributed by atoms with E-state index in [1.165, 1.54) is 11.6 Å². The first-order chi connectivity index (χ1) is 18.0. The topological polar surface area (TPSA) is 95.4 Å². The van der Waals surface area contributed by atoms with E-state index in [9.17, 15) is 9.59 Å². The molecule has 1 saturated heterocycles. The highest BCUT2D eigenvalue weighted by Gasteiger charge is 2.23. The summed E-state index contributed by atoms with van der Waals surface area (Å²) in [5.41, 5.74) is 7.31. The number of amides is 2. The lowest BCUT2D eigenvalue weighted by Gasteiger charge is -2.19. The minimum atomic E-state index is -0.254. The highest BCUT2D eigenvalue weighted by molar-refractivity contribution is 6.02. The Balaban J connectivity index is 1.59. The predicted octanol–water partition coefficient (Wildman–Crippen LogP) is 2.41. The van der Waals surface area contributed by atoms with Crippen LogP contribution >= 0.6 is 0 Å². The number of carbonyl (C=O) groups is 2. The Kier molecular flexibility index (Phi) is 5.71. The van der Waals surface area contributed by atoms with Crippen molar-refractivity contribution in [3.05, 3.63) is 93.5 Å². The second-order valence-electron chi connectivity index (χ2n) is 9.54. The first-order valence-electron chi connectivity index (χ1n) is 12.5. The van der Waals surface area contributed by atoms with E-state index < -0.39 is 0 Å². The van der Waals surface area contributed by atoms with E-state index in [-0.39, 0.29) is 11.8 Å². The summed E-state index contributed by atoms with van der Waals surface area (Å²) in [6, 6.07) is 9.83. The number of hydrogen-bond donors (Lipinski definition) is 2. The molecular formula is C29H28N6O2. The van der Waals surface area contributed by atoms with Gasteiger partial charge in [0.15, 0.2) is 0 Å². The van der Waals surface area contributed by atoms with Crippen molar-refractivity contribution in [3.63, 3.8) is 0 Å². The summed E-state index contributed by atoms with van der Waals surface area (Å²) in [7, 11) is 2.00. The first kappa shape index (κ1) is 23.0. The molecule has 6 rings (SSSR count). The smallest absolute Gasteiger partial charge is 0.253 e. The SMILES string of the molecule is C=CC(=O)Nc1ccc(-c2cc3c(c4c5c([nH]cnc=5n2C)=NC4)CC=C(C(=O)N2CCCC2)C=3)cc1. The quantitative estimate of drug-likeness (QED) is 0.548. The number of fused-ring (bicyclic) bond motifs is 2. The number of likely N-dealkylation sites (tertiary alicyclic amines) is 1. The van der Waals surface area contributed by atoms with Gasteiger partial charge in [-0.3, -0.25) is 14.6 Å². The molecule has 1 aliphatic carbocycles. The summed E-state index contributed by atoms with van der Waals surface area (Å²) < 4.78 is 2.07. The van der Waals surface area contributed by atoms with Gasteiger partial charge in [0.2, 0.25) is 5.91 Å². The zero-order chi connectivity index (χ0) is 25.5. The number of allylic oxidation sites excluding steroid dienone is 1. The van der Waals surface area contributed by atoms with Crippen LogP contribution < -0.4 is 16.0 Å². The van der Waals surface area contributed by atoms with Crippen LogP contribution in [-0.4, -0.2) is 44.3 Å². The van der Waals surface area contributed by atoms with Crippen LogP contribution in [-0.2, 0) is 29.6 Å². The molecule has 0 saturated carbocycles. The van der Waals surface area contributed by atoms with Gasteiger partial charge in [-0.2, -0.15) is 0 Å². The second kappa shape index (κ2) is 9.20. The Bertz CT molecular complexity index is 1720. The third-order valence-electron chi connectivity index (χ3n) is 7.34. The minimum absolute atomic E-state index is 0.105. The van der Waals surface area contributed by atoms with E-state index in [1.807, 2.05) is 42.3 Å². The summed E-state index contributed by atoms with van der Waals surface area (Å²) in [5, 5.41) is 4.82. The van der Waals surface area contributed by atoms with Crippen LogP contribution in [0.25, 0.3) is 17.3 Å². The lowest BCUT2D eigenvalue weighted by Crippen LogP contribution is -2.30. The van der Waals surface area contributed by atoms with E-state index in [4.69, 9.17) is 9.98 Å². The van der Waals surface area contributed by atoms with E-state index in [0.717, 1.165) is 69.7 Å². The molecule has 2 amide bonds. The number of carbonyl (C=O) groups excluding carboxylic acids is 2. The number of aromatic nitrogens is 3. The molecule has 0 aromatic heterocycles. The van der Waals surface area contributed by atoms with Crippen molar-refractivity contribution in [2.75, 3.05) is 18.4 Å². The molecule has 37 heavy (non-hydrogen) atoms. The van der Waals surface area contributed by atoms with Gasteiger partial charge >= 0.3 is 0 Å². The minimum Gasteiger partial charge on any atom is -0.339 e. The monoisotopic (exact) mass is 492 g/mol. The fourth-order valence-corrected chi connectivity index (χ4v) is 5.41. The van der Waals surface area contributed by atoms with Crippen molar-refractivity contribution in [3.8, 4) is 11.3 Å². The van der Waals surface area contributed by atoms with Crippen LogP contribution in [0.2, 0.25) is 0 Å². The Morgan fingerprint density at radius 1 is 1.14 bits per heavy atom. The van der Waals surface area contributed by atoms with Crippen LogP contribution in [0.15, 0.2) is 66.0 Å². The Hall–Kier alpha value is -4.46. The maximum atomic E-state index is 13.2. The van der Waals surface area contributed by atoms with Crippen molar-refractivity contribution in [2.45, 2.75) is 25.8 Å². The van der Waals surface area contributed by atoms with Crippen LogP contribution in [0.4, 0.5) is 5.69 Å². The number of H-pyrrole nitrogens is 1. The maximum Gasteiger partial charge on any atom is 0.253 e. The molecule has 0 bridgehead atoms. The van der Waals surface area contributed by atoms with Crippen LogP contribution in [0.1, 0.15) is 24.0 Å². The molecule has 8 nitrogen and oxygen atoms in total.